The number of carbonyl (C=O) groups is 1. The van der Waals surface area contributed by atoms with Crippen molar-refractivity contribution < 1.29 is 19.4 Å². The van der Waals surface area contributed by atoms with Gasteiger partial charge in [-0.1, -0.05) is 57.0 Å². The van der Waals surface area contributed by atoms with Crippen molar-refractivity contribution in [2.24, 2.45) is 5.92 Å². The summed E-state index contributed by atoms with van der Waals surface area (Å²) in [5.41, 5.74) is 2.53. The number of fused-ring (bicyclic) bond motifs is 1. The van der Waals surface area contributed by atoms with Gasteiger partial charge in [-0.3, -0.25) is 4.79 Å². The molecule has 0 aromatic heterocycles. The minimum absolute atomic E-state index is 0.00391. The van der Waals surface area contributed by atoms with Gasteiger partial charge < -0.3 is 19.5 Å². The monoisotopic (exact) mass is 463 g/mol. The average Bonchev–Trinajstić information content (AvgIpc) is 2.86. The van der Waals surface area contributed by atoms with Crippen molar-refractivity contribution in [3.8, 4) is 11.5 Å². The highest BCUT2D eigenvalue weighted by molar-refractivity contribution is 5.92. The summed E-state index contributed by atoms with van der Waals surface area (Å²) in [7, 11) is 3.24. The van der Waals surface area contributed by atoms with Crippen LogP contribution in [0.3, 0.4) is 0 Å². The van der Waals surface area contributed by atoms with Gasteiger partial charge in [0.15, 0.2) is 11.5 Å². The van der Waals surface area contributed by atoms with Gasteiger partial charge >= 0.3 is 0 Å². The number of hydrogen-bond donors (Lipinski definition) is 1. The summed E-state index contributed by atoms with van der Waals surface area (Å²) in [6, 6.07) is 14.0. The highest BCUT2D eigenvalue weighted by Crippen LogP contribution is 2.50. The number of ether oxygens (including phenoxy) is 2. The molecule has 1 amide bonds. The Hall–Kier alpha value is -2.79. The maximum Gasteiger partial charge on any atom is 0.247 e. The first-order valence-electron chi connectivity index (χ1n) is 12.4. The molecule has 4 rings (SSSR count). The fourth-order valence-corrected chi connectivity index (χ4v) is 5.63. The maximum atomic E-state index is 13.5. The maximum absolute atomic E-state index is 13.5. The molecular weight excluding hydrogens is 426 g/mol. The third-order valence-corrected chi connectivity index (χ3v) is 7.62. The number of hydrogen-bond acceptors (Lipinski definition) is 4. The quantitative estimate of drug-likeness (QED) is 0.556. The molecule has 0 bridgehead atoms. The molecule has 1 saturated carbocycles. The van der Waals surface area contributed by atoms with Crippen LogP contribution < -0.4 is 9.47 Å². The molecule has 5 nitrogen and oxygen atoms in total. The molecule has 0 radical (unpaired) electrons. The number of aliphatic hydroxyl groups is 1. The predicted molar refractivity (Wildman–Crippen MR) is 135 cm³/mol. The highest BCUT2D eigenvalue weighted by atomic mass is 16.5. The molecule has 1 N–H and O–H groups in total. The van der Waals surface area contributed by atoms with Crippen LogP contribution in [-0.2, 0) is 4.79 Å². The number of carbonyl (C=O) groups excluding carboxylic acids is 1. The topological polar surface area (TPSA) is 59.0 Å². The zero-order valence-corrected chi connectivity index (χ0v) is 20.8. The predicted octanol–water partition coefficient (Wildman–Crippen LogP) is 5.74. The van der Waals surface area contributed by atoms with Crippen LogP contribution in [0.15, 0.2) is 48.5 Å². The molecule has 1 saturated heterocycles. The van der Waals surface area contributed by atoms with E-state index < -0.39 is 5.60 Å². The lowest BCUT2D eigenvalue weighted by atomic mass is 9.66. The van der Waals surface area contributed by atoms with Crippen LogP contribution in [0.2, 0.25) is 0 Å². The van der Waals surface area contributed by atoms with Crippen LogP contribution in [0, 0.1) is 5.92 Å². The zero-order valence-electron chi connectivity index (χ0n) is 20.8. The van der Waals surface area contributed by atoms with Gasteiger partial charge in [0.2, 0.25) is 5.91 Å². The van der Waals surface area contributed by atoms with Crippen LogP contribution in [0.4, 0.5) is 0 Å². The van der Waals surface area contributed by atoms with E-state index in [0.717, 1.165) is 36.8 Å². The molecule has 1 aliphatic heterocycles. The molecule has 1 heterocycles. The van der Waals surface area contributed by atoms with Gasteiger partial charge in [0.25, 0.3) is 0 Å². The molecule has 3 unspecified atom stereocenters. The first kappa shape index (κ1) is 24.3. The highest BCUT2D eigenvalue weighted by Gasteiger charge is 2.50. The van der Waals surface area contributed by atoms with Crippen LogP contribution >= 0.6 is 0 Å². The molecule has 2 aliphatic rings. The largest absolute Gasteiger partial charge is 0.493 e. The van der Waals surface area contributed by atoms with Crippen molar-refractivity contribution in [2.75, 3.05) is 20.8 Å². The summed E-state index contributed by atoms with van der Waals surface area (Å²) < 4.78 is 11.0. The minimum Gasteiger partial charge on any atom is -0.493 e. The summed E-state index contributed by atoms with van der Waals surface area (Å²) in [6.45, 7) is 4.87. The van der Waals surface area contributed by atoms with Gasteiger partial charge in [-0.05, 0) is 60.1 Å². The van der Waals surface area contributed by atoms with Gasteiger partial charge in [0, 0.05) is 18.5 Å². The summed E-state index contributed by atoms with van der Waals surface area (Å²) in [4.78, 5) is 15.4. The Morgan fingerprint density at radius 2 is 1.79 bits per heavy atom. The SMILES string of the molecule is COc1ccc(C2C3CCCCC3(O)CCN2C(=O)/C=C/c2ccc(C(C)C)cc2)cc1OC. The normalized spacial score (nSPS) is 24.8. The molecule has 2 aromatic carbocycles. The first-order valence-corrected chi connectivity index (χ1v) is 12.4. The van der Waals surface area contributed by atoms with Crippen molar-refractivity contribution in [3.05, 3.63) is 65.2 Å². The molecule has 5 heteroatoms. The molecule has 2 aromatic rings. The van der Waals surface area contributed by atoms with Crippen LogP contribution in [0.5, 0.6) is 11.5 Å². The third-order valence-electron chi connectivity index (χ3n) is 7.62. The van der Waals surface area contributed by atoms with E-state index in [4.69, 9.17) is 9.47 Å². The van der Waals surface area contributed by atoms with Crippen LogP contribution in [0.25, 0.3) is 6.08 Å². The molecule has 182 valence electrons. The second-order valence-electron chi connectivity index (χ2n) is 9.95. The average molecular weight is 464 g/mol. The number of likely N-dealkylation sites (tertiary alicyclic amines) is 1. The summed E-state index contributed by atoms with van der Waals surface area (Å²) in [5.74, 6) is 1.74. The summed E-state index contributed by atoms with van der Waals surface area (Å²) in [5, 5.41) is 11.5. The van der Waals surface area contributed by atoms with E-state index in [-0.39, 0.29) is 17.9 Å². The first-order chi connectivity index (χ1) is 16.4. The Morgan fingerprint density at radius 1 is 1.06 bits per heavy atom. The van der Waals surface area contributed by atoms with Crippen LogP contribution in [0.1, 0.15) is 74.6 Å². The smallest absolute Gasteiger partial charge is 0.247 e. The minimum atomic E-state index is -0.733. The van der Waals surface area contributed by atoms with Gasteiger partial charge in [0.1, 0.15) is 0 Å². The van der Waals surface area contributed by atoms with E-state index in [1.165, 1.54) is 5.56 Å². The molecule has 0 spiro atoms. The van der Waals surface area contributed by atoms with Crippen LogP contribution in [-0.4, -0.2) is 42.3 Å². The van der Waals surface area contributed by atoms with Crippen molar-refractivity contribution >= 4 is 12.0 Å². The van der Waals surface area contributed by atoms with E-state index in [2.05, 4.69) is 38.1 Å². The van der Waals surface area contributed by atoms with E-state index in [0.29, 0.717) is 30.4 Å². The Bertz CT molecular complexity index is 1030. The number of piperidine rings is 1. The van der Waals surface area contributed by atoms with E-state index >= 15 is 0 Å². The Morgan fingerprint density at radius 3 is 2.47 bits per heavy atom. The van der Waals surface area contributed by atoms with E-state index in [1.54, 1.807) is 20.3 Å². The Kier molecular flexibility index (Phi) is 7.32. The Balaban J connectivity index is 1.65. The fraction of sp³-hybridized carbons (Fsp3) is 0.483. The summed E-state index contributed by atoms with van der Waals surface area (Å²) in [6.07, 6.45) is 7.97. The van der Waals surface area contributed by atoms with Crippen molar-refractivity contribution in [1.82, 2.24) is 4.90 Å². The molecule has 2 fully saturated rings. The van der Waals surface area contributed by atoms with Crippen molar-refractivity contribution in [1.29, 1.82) is 0 Å². The van der Waals surface area contributed by atoms with Gasteiger partial charge in [0.05, 0.1) is 25.9 Å². The number of amides is 1. The fourth-order valence-electron chi connectivity index (χ4n) is 5.63. The lowest BCUT2D eigenvalue weighted by Gasteiger charge is -2.52. The van der Waals surface area contributed by atoms with E-state index in [9.17, 15) is 9.90 Å². The van der Waals surface area contributed by atoms with Crippen molar-refractivity contribution in [3.63, 3.8) is 0 Å². The molecular formula is C29H37NO4. The lowest BCUT2D eigenvalue weighted by molar-refractivity contribution is -0.150. The summed E-state index contributed by atoms with van der Waals surface area (Å²) >= 11 is 0. The standard InChI is InChI=1S/C29H37NO4/c1-20(2)22-11-8-21(9-12-22)10-15-27(31)30-18-17-29(32)16-6-5-7-24(29)28(30)23-13-14-25(33-3)26(19-23)34-4/h8-15,19-20,24,28,32H,5-7,16-18H2,1-4H3/b15-10+. The lowest BCUT2D eigenvalue weighted by Crippen LogP contribution is -2.56. The van der Waals surface area contributed by atoms with E-state index in [1.807, 2.05) is 29.2 Å². The second kappa shape index (κ2) is 10.2. The van der Waals surface area contributed by atoms with Gasteiger partial charge in [-0.2, -0.15) is 0 Å². The second-order valence-corrected chi connectivity index (χ2v) is 9.95. The number of nitrogens with zero attached hydrogens (tertiary/aromatic N) is 1. The molecule has 34 heavy (non-hydrogen) atoms. The number of rotatable bonds is 6. The van der Waals surface area contributed by atoms with Gasteiger partial charge in [-0.15, -0.1) is 0 Å². The Labute approximate surface area is 203 Å². The molecule has 1 aliphatic carbocycles. The third kappa shape index (κ3) is 4.85. The molecule has 3 atom stereocenters. The number of benzene rings is 2. The number of methoxy groups -OCH3 is 2. The van der Waals surface area contributed by atoms with Gasteiger partial charge in [-0.25, -0.2) is 0 Å². The van der Waals surface area contributed by atoms with Crippen molar-refractivity contribution in [2.45, 2.75) is 63.5 Å². The zero-order chi connectivity index (χ0) is 24.3.